The van der Waals surface area contributed by atoms with Gasteiger partial charge in [0.25, 0.3) is 0 Å². The molecule has 0 amide bonds. The number of nitrogens with one attached hydrogen (secondary N) is 1. The Labute approximate surface area is 108 Å². The van der Waals surface area contributed by atoms with Crippen molar-refractivity contribution in [2.24, 2.45) is 0 Å². The molecule has 1 aromatic rings. The standard InChI is InChI=1S/C14H21NO3/c1-11(16)18-10-14(2,3)15-9-12-5-7-13(17-4)8-6-12/h5-8,15H,9-10H2,1-4H3. The molecule has 0 aliphatic rings. The SMILES string of the molecule is COc1ccc(CNC(C)(C)COC(C)=O)cc1. The second kappa shape index (κ2) is 6.40. The summed E-state index contributed by atoms with van der Waals surface area (Å²) in [5.74, 6) is 0.590. The summed E-state index contributed by atoms with van der Waals surface area (Å²) in [5, 5.41) is 3.35. The van der Waals surface area contributed by atoms with Gasteiger partial charge in [-0.15, -0.1) is 0 Å². The highest BCUT2D eigenvalue weighted by atomic mass is 16.5. The summed E-state index contributed by atoms with van der Waals surface area (Å²) in [4.78, 5) is 10.8. The minimum absolute atomic E-state index is 0.244. The summed E-state index contributed by atoms with van der Waals surface area (Å²) in [6.07, 6.45) is 0. The molecule has 4 nitrogen and oxygen atoms in total. The van der Waals surface area contributed by atoms with E-state index < -0.39 is 0 Å². The molecule has 0 saturated carbocycles. The van der Waals surface area contributed by atoms with Crippen LogP contribution in [0.2, 0.25) is 0 Å². The molecule has 0 heterocycles. The van der Waals surface area contributed by atoms with Gasteiger partial charge >= 0.3 is 5.97 Å². The highest BCUT2D eigenvalue weighted by Gasteiger charge is 2.18. The Kier molecular flexibility index (Phi) is 5.16. The van der Waals surface area contributed by atoms with Crippen molar-refractivity contribution in [3.8, 4) is 5.75 Å². The normalized spacial score (nSPS) is 11.1. The van der Waals surface area contributed by atoms with Crippen LogP contribution in [0.3, 0.4) is 0 Å². The average molecular weight is 251 g/mol. The van der Waals surface area contributed by atoms with Crippen molar-refractivity contribution in [3.63, 3.8) is 0 Å². The summed E-state index contributed by atoms with van der Waals surface area (Å²) >= 11 is 0. The summed E-state index contributed by atoms with van der Waals surface area (Å²) in [6.45, 7) is 6.50. The van der Waals surface area contributed by atoms with Crippen LogP contribution >= 0.6 is 0 Å². The van der Waals surface area contributed by atoms with Gasteiger partial charge in [0.05, 0.1) is 7.11 Å². The molecule has 0 aliphatic heterocycles. The fraction of sp³-hybridized carbons (Fsp3) is 0.500. The number of hydrogen-bond donors (Lipinski definition) is 1. The predicted molar refractivity (Wildman–Crippen MR) is 70.5 cm³/mol. The van der Waals surface area contributed by atoms with E-state index in [1.165, 1.54) is 6.92 Å². The third-order valence-electron chi connectivity index (χ3n) is 2.57. The number of carbonyl (C=O) groups excluding carboxylic acids is 1. The van der Waals surface area contributed by atoms with E-state index in [2.05, 4.69) is 5.32 Å². The van der Waals surface area contributed by atoms with Crippen LogP contribution in [0.1, 0.15) is 26.3 Å². The van der Waals surface area contributed by atoms with Crippen molar-refractivity contribution in [1.82, 2.24) is 5.32 Å². The molecule has 0 fully saturated rings. The summed E-state index contributed by atoms with van der Waals surface area (Å²) < 4.78 is 10.1. The molecule has 4 heteroatoms. The zero-order chi connectivity index (χ0) is 13.6. The van der Waals surface area contributed by atoms with Crippen molar-refractivity contribution in [2.75, 3.05) is 13.7 Å². The summed E-state index contributed by atoms with van der Waals surface area (Å²) in [6, 6.07) is 7.87. The lowest BCUT2D eigenvalue weighted by Crippen LogP contribution is -2.43. The van der Waals surface area contributed by atoms with Crippen LogP contribution in [0.25, 0.3) is 0 Å². The second-order valence-electron chi connectivity index (χ2n) is 4.87. The summed E-state index contributed by atoms with van der Waals surface area (Å²) in [7, 11) is 1.65. The predicted octanol–water partition coefficient (Wildman–Crippen LogP) is 2.13. The molecule has 0 spiro atoms. The first-order valence-electron chi connectivity index (χ1n) is 5.94. The number of ether oxygens (including phenoxy) is 2. The van der Waals surface area contributed by atoms with Crippen LogP contribution in [0.4, 0.5) is 0 Å². The lowest BCUT2D eigenvalue weighted by atomic mass is 10.1. The number of carbonyl (C=O) groups is 1. The minimum atomic E-state index is -0.255. The Balaban J connectivity index is 2.45. The summed E-state index contributed by atoms with van der Waals surface area (Å²) in [5.41, 5.74) is 0.915. The maximum absolute atomic E-state index is 10.8. The Bertz CT molecular complexity index is 385. The molecular formula is C14H21NO3. The fourth-order valence-corrected chi connectivity index (χ4v) is 1.42. The zero-order valence-electron chi connectivity index (χ0n) is 11.4. The van der Waals surface area contributed by atoms with E-state index in [4.69, 9.17) is 9.47 Å². The van der Waals surface area contributed by atoms with Gasteiger partial charge in [0, 0.05) is 19.0 Å². The van der Waals surface area contributed by atoms with Crippen LogP contribution in [-0.4, -0.2) is 25.2 Å². The van der Waals surface area contributed by atoms with Gasteiger partial charge in [0.2, 0.25) is 0 Å². The first-order valence-corrected chi connectivity index (χ1v) is 5.94. The van der Waals surface area contributed by atoms with Crippen LogP contribution in [0.5, 0.6) is 5.75 Å². The molecule has 0 unspecified atom stereocenters. The van der Waals surface area contributed by atoms with E-state index in [9.17, 15) is 4.79 Å². The van der Waals surface area contributed by atoms with Crippen LogP contribution < -0.4 is 10.1 Å². The van der Waals surface area contributed by atoms with E-state index in [-0.39, 0.29) is 11.5 Å². The van der Waals surface area contributed by atoms with E-state index in [1.807, 2.05) is 38.1 Å². The number of methoxy groups -OCH3 is 1. The molecule has 1 N–H and O–H groups in total. The van der Waals surface area contributed by atoms with Crippen molar-refractivity contribution >= 4 is 5.97 Å². The first kappa shape index (κ1) is 14.5. The third kappa shape index (κ3) is 5.19. The van der Waals surface area contributed by atoms with E-state index in [0.717, 1.165) is 17.9 Å². The Hall–Kier alpha value is -1.55. The molecular weight excluding hydrogens is 230 g/mol. The van der Waals surface area contributed by atoms with Gasteiger partial charge in [-0.05, 0) is 31.5 Å². The number of esters is 1. The molecule has 0 radical (unpaired) electrons. The van der Waals surface area contributed by atoms with E-state index in [1.54, 1.807) is 7.11 Å². The van der Waals surface area contributed by atoms with Gasteiger partial charge in [-0.3, -0.25) is 4.79 Å². The van der Waals surface area contributed by atoms with Gasteiger partial charge in [-0.2, -0.15) is 0 Å². The van der Waals surface area contributed by atoms with Crippen LogP contribution in [0, 0.1) is 0 Å². The molecule has 0 saturated heterocycles. The van der Waals surface area contributed by atoms with E-state index in [0.29, 0.717) is 6.61 Å². The van der Waals surface area contributed by atoms with Crippen molar-refractivity contribution in [3.05, 3.63) is 29.8 Å². The minimum Gasteiger partial charge on any atom is -0.497 e. The van der Waals surface area contributed by atoms with Crippen molar-refractivity contribution in [1.29, 1.82) is 0 Å². The van der Waals surface area contributed by atoms with Gasteiger partial charge in [-0.1, -0.05) is 12.1 Å². The number of rotatable bonds is 6. The molecule has 0 aliphatic carbocycles. The quantitative estimate of drug-likeness (QED) is 0.787. The lowest BCUT2D eigenvalue weighted by Gasteiger charge is -2.25. The first-order chi connectivity index (χ1) is 8.43. The molecule has 100 valence electrons. The second-order valence-corrected chi connectivity index (χ2v) is 4.87. The molecule has 1 aromatic carbocycles. The van der Waals surface area contributed by atoms with Gasteiger partial charge in [-0.25, -0.2) is 0 Å². The topological polar surface area (TPSA) is 47.6 Å². The third-order valence-corrected chi connectivity index (χ3v) is 2.57. The zero-order valence-corrected chi connectivity index (χ0v) is 11.4. The van der Waals surface area contributed by atoms with Gasteiger partial charge < -0.3 is 14.8 Å². The number of benzene rings is 1. The van der Waals surface area contributed by atoms with Gasteiger partial charge in [0.15, 0.2) is 0 Å². The maximum Gasteiger partial charge on any atom is 0.302 e. The Morgan fingerprint density at radius 3 is 2.39 bits per heavy atom. The van der Waals surface area contributed by atoms with Crippen LogP contribution in [-0.2, 0) is 16.1 Å². The Morgan fingerprint density at radius 1 is 1.28 bits per heavy atom. The van der Waals surface area contributed by atoms with Crippen molar-refractivity contribution < 1.29 is 14.3 Å². The Morgan fingerprint density at radius 2 is 1.89 bits per heavy atom. The molecule has 18 heavy (non-hydrogen) atoms. The molecule has 0 bridgehead atoms. The average Bonchev–Trinajstić information content (AvgIpc) is 2.35. The monoisotopic (exact) mass is 251 g/mol. The lowest BCUT2D eigenvalue weighted by molar-refractivity contribution is -0.142. The largest absolute Gasteiger partial charge is 0.497 e. The number of hydrogen-bond acceptors (Lipinski definition) is 4. The van der Waals surface area contributed by atoms with Crippen LogP contribution in [0.15, 0.2) is 24.3 Å². The molecule has 0 atom stereocenters. The van der Waals surface area contributed by atoms with E-state index >= 15 is 0 Å². The highest BCUT2D eigenvalue weighted by molar-refractivity contribution is 5.65. The fourth-order valence-electron chi connectivity index (χ4n) is 1.42. The molecule has 0 aromatic heterocycles. The molecule has 1 rings (SSSR count). The smallest absolute Gasteiger partial charge is 0.302 e. The maximum atomic E-state index is 10.8. The van der Waals surface area contributed by atoms with Crippen molar-refractivity contribution in [2.45, 2.75) is 32.9 Å². The highest BCUT2D eigenvalue weighted by Crippen LogP contribution is 2.12. The van der Waals surface area contributed by atoms with Gasteiger partial charge in [0.1, 0.15) is 12.4 Å².